The lowest BCUT2D eigenvalue weighted by atomic mass is 10.3. The van der Waals surface area contributed by atoms with Crippen LogP contribution in [0.4, 0.5) is 0 Å². The van der Waals surface area contributed by atoms with Crippen molar-refractivity contribution in [1.29, 1.82) is 0 Å². The van der Waals surface area contributed by atoms with Gasteiger partial charge >= 0.3 is 7.60 Å². The van der Waals surface area contributed by atoms with Gasteiger partial charge in [-0.2, -0.15) is 0 Å². The van der Waals surface area contributed by atoms with Crippen molar-refractivity contribution in [3.63, 3.8) is 0 Å². The maximum Gasteiger partial charge on any atom is 0.349 e. The largest absolute Gasteiger partial charge is 0.349 e. The predicted octanol–water partition coefficient (Wildman–Crippen LogP) is 1.71. The fraction of sp³-hybridized carbons (Fsp3) is 0. The number of H-pyrrole nitrogens is 1. The number of aromatic amines is 1. The van der Waals surface area contributed by atoms with Gasteiger partial charge in [0.15, 0.2) is 0 Å². The van der Waals surface area contributed by atoms with Gasteiger partial charge in [-0.1, -0.05) is 12.1 Å². The third-order valence-electron chi connectivity index (χ3n) is 1.83. The molecule has 1 heterocycles. The maximum atomic E-state index is 10.6. The number of hydrogen-bond donors (Lipinski definition) is 3. The Morgan fingerprint density at radius 1 is 1.33 bits per heavy atom. The number of fused-ring (bicyclic) bond motifs is 1. The Morgan fingerprint density at radius 2 is 2.07 bits per heavy atom. The molecule has 0 saturated carbocycles. The minimum atomic E-state index is -4.11. The summed E-state index contributed by atoms with van der Waals surface area (Å²) in [5, 5.41) is 0. The van der Waals surface area contributed by atoms with E-state index in [2.05, 4.69) is 9.97 Å². The number of benzene rings is 1. The molecule has 78 valence electrons. The van der Waals surface area contributed by atoms with Crippen LogP contribution < -0.4 is 0 Å². The van der Waals surface area contributed by atoms with Crippen molar-refractivity contribution in [3.8, 4) is 0 Å². The van der Waals surface area contributed by atoms with Gasteiger partial charge in [-0.15, -0.1) is 0 Å². The number of hydrogen-bond acceptors (Lipinski definition) is 2. The summed E-state index contributed by atoms with van der Waals surface area (Å²) in [7, 11) is -4.11. The van der Waals surface area contributed by atoms with Crippen molar-refractivity contribution in [2.75, 3.05) is 0 Å². The molecule has 0 amide bonds. The first-order valence-electron chi connectivity index (χ1n) is 4.24. The van der Waals surface area contributed by atoms with Gasteiger partial charge in [0, 0.05) is 5.82 Å². The highest BCUT2D eigenvalue weighted by Gasteiger charge is 2.06. The van der Waals surface area contributed by atoms with Crippen molar-refractivity contribution < 1.29 is 14.4 Å². The second-order valence-corrected chi connectivity index (χ2v) is 4.52. The van der Waals surface area contributed by atoms with Gasteiger partial charge in [0.1, 0.15) is 5.82 Å². The number of nitrogens with zero attached hydrogens (tertiary/aromatic N) is 1. The van der Waals surface area contributed by atoms with Crippen LogP contribution in [0.25, 0.3) is 17.1 Å². The Bertz CT molecular complexity index is 522. The molecule has 5 nitrogen and oxygen atoms in total. The Labute approximate surface area is 85.6 Å². The topological polar surface area (TPSA) is 86.2 Å². The van der Waals surface area contributed by atoms with Crippen molar-refractivity contribution in [2.45, 2.75) is 0 Å². The molecule has 6 heteroatoms. The molecule has 1 aromatic carbocycles. The van der Waals surface area contributed by atoms with Crippen molar-refractivity contribution in [1.82, 2.24) is 9.97 Å². The fourth-order valence-electron chi connectivity index (χ4n) is 1.22. The quantitative estimate of drug-likeness (QED) is 0.678. The molecule has 0 radical (unpaired) electrons. The van der Waals surface area contributed by atoms with Crippen molar-refractivity contribution in [3.05, 3.63) is 35.9 Å². The molecule has 2 rings (SSSR count). The number of rotatable bonds is 2. The minimum absolute atomic E-state index is 0.430. The molecular formula is C9H9N2O3P. The van der Waals surface area contributed by atoms with E-state index in [0.717, 1.165) is 16.9 Å². The Balaban J connectivity index is 2.38. The van der Waals surface area contributed by atoms with Gasteiger partial charge in [-0.3, -0.25) is 4.57 Å². The van der Waals surface area contributed by atoms with E-state index in [-0.39, 0.29) is 0 Å². The van der Waals surface area contributed by atoms with E-state index in [1.165, 1.54) is 6.08 Å². The molecule has 3 N–H and O–H groups in total. The second kappa shape index (κ2) is 3.62. The van der Waals surface area contributed by atoms with Crippen LogP contribution in [0.2, 0.25) is 0 Å². The van der Waals surface area contributed by atoms with Gasteiger partial charge in [0.25, 0.3) is 0 Å². The minimum Gasteiger partial charge on any atom is -0.338 e. The number of para-hydroxylation sites is 2. The first kappa shape index (κ1) is 10.1. The van der Waals surface area contributed by atoms with E-state index < -0.39 is 7.60 Å². The molecule has 15 heavy (non-hydrogen) atoms. The van der Waals surface area contributed by atoms with E-state index in [0.29, 0.717) is 5.82 Å². The summed E-state index contributed by atoms with van der Waals surface area (Å²) in [6, 6.07) is 7.37. The highest BCUT2D eigenvalue weighted by molar-refractivity contribution is 7.55. The molecule has 0 aliphatic heterocycles. The summed E-state index contributed by atoms with van der Waals surface area (Å²) in [5.41, 5.74) is 1.60. The molecule has 2 aromatic rings. The Morgan fingerprint density at radius 3 is 2.73 bits per heavy atom. The molecular weight excluding hydrogens is 215 g/mol. The molecule has 0 unspecified atom stereocenters. The predicted molar refractivity (Wildman–Crippen MR) is 57.2 cm³/mol. The van der Waals surface area contributed by atoms with E-state index >= 15 is 0 Å². The number of nitrogens with one attached hydrogen (secondary N) is 1. The summed E-state index contributed by atoms with van der Waals surface area (Å²) in [4.78, 5) is 24.3. The zero-order valence-corrected chi connectivity index (χ0v) is 8.56. The third-order valence-corrected chi connectivity index (χ3v) is 2.37. The molecule has 0 fully saturated rings. The zero-order valence-electron chi connectivity index (χ0n) is 7.66. The number of aromatic nitrogens is 2. The van der Waals surface area contributed by atoms with E-state index in [1.54, 1.807) is 0 Å². The van der Waals surface area contributed by atoms with Crippen LogP contribution in [0, 0.1) is 0 Å². The van der Waals surface area contributed by atoms with Crippen LogP contribution >= 0.6 is 7.60 Å². The summed E-state index contributed by atoms with van der Waals surface area (Å²) < 4.78 is 10.6. The average Bonchev–Trinajstić information content (AvgIpc) is 2.56. The monoisotopic (exact) mass is 224 g/mol. The SMILES string of the molecule is O=P(O)(O)/C=C/c1nc2ccccc2[nH]1. The molecule has 0 atom stereocenters. The van der Waals surface area contributed by atoms with Crippen LogP contribution in [0.3, 0.4) is 0 Å². The highest BCUT2D eigenvalue weighted by Crippen LogP contribution is 2.36. The molecule has 0 spiro atoms. The lowest BCUT2D eigenvalue weighted by Gasteiger charge is -1.91. The van der Waals surface area contributed by atoms with Gasteiger partial charge in [0.05, 0.1) is 11.0 Å². The van der Waals surface area contributed by atoms with Gasteiger partial charge in [-0.25, -0.2) is 4.98 Å². The smallest absolute Gasteiger partial charge is 0.338 e. The lowest BCUT2D eigenvalue weighted by Crippen LogP contribution is -1.74. The lowest BCUT2D eigenvalue weighted by molar-refractivity contribution is 0.386. The summed E-state index contributed by atoms with van der Waals surface area (Å²) in [5.74, 6) is 1.25. The maximum absolute atomic E-state index is 10.6. The Hall–Kier alpha value is -1.42. The first-order valence-corrected chi connectivity index (χ1v) is 5.92. The second-order valence-electron chi connectivity index (χ2n) is 3.04. The summed E-state index contributed by atoms with van der Waals surface area (Å²) in [6.07, 6.45) is 1.28. The van der Waals surface area contributed by atoms with Gasteiger partial charge < -0.3 is 14.8 Å². The van der Waals surface area contributed by atoms with E-state index in [1.807, 2.05) is 24.3 Å². The molecule has 0 aliphatic rings. The zero-order chi connectivity index (χ0) is 10.9. The van der Waals surface area contributed by atoms with Crippen LogP contribution in [0.5, 0.6) is 0 Å². The van der Waals surface area contributed by atoms with E-state index in [9.17, 15) is 4.57 Å². The molecule has 1 aromatic heterocycles. The Kier molecular flexibility index (Phi) is 2.44. The van der Waals surface area contributed by atoms with Gasteiger partial charge in [0.2, 0.25) is 0 Å². The van der Waals surface area contributed by atoms with Gasteiger partial charge in [-0.05, 0) is 18.2 Å². The standard InChI is InChI=1S/C9H9N2O3P/c12-15(13,14)6-5-9-10-7-3-1-2-4-8(7)11-9/h1-6H,(H,10,11)(H2,12,13,14)/b6-5+. The number of imidazole rings is 1. The fourth-order valence-corrected chi connectivity index (χ4v) is 1.55. The first-order chi connectivity index (χ1) is 7.04. The summed E-state index contributed by atoms with van der Waals surface area (Å²) >= 11 is 0. The summed E-state index contributed by atoms with van der Waals surface area (Å²) in [6.45, 7) is 0. The van der Waals surface area contributed by atoms with Crippen LogP contribution in [-0.2, 0) is 4.57 Å². The van der Waals surface area contributed by atoms with Crippen LogP contribution in [0.1, 0.15) is 5.82 Å². The normalized spacial score (nSPS) is 12.7. The molecule has 0 saturated heterocycles. The van der Waals surface area contributed by atoms with Crippen LogP contribution in [0.15, 0.2) is 30.1 Å². The third kappa shape index (κ3) is 2.53. The average molecular weight is 224 g/mol. The molecule has 0 aliphatic carbocycles. The highest BCUT2D eigenvalue weighted by atomic mass is 31.2. The van der Waals surface area contributed by atoms with Crippen molar-refractivity contribution in [2.24, 2.45) is 0 Å². The van der Waals surface area contributed by atoms with E-state index in [4.69, 9.17) is 9.79 Å². The van der Waals surface area contributed by atoms with Crippen LogP contribution in [-0.4, -0.2) is 19.8 Å². The van der Waals surface area contributed by atoms with Crippen molar-refractivity contribution >= 4 is 24.7 Å². The molecule has 0 bridgehead atoms.